The van der Waals surface area contributed by atoms with Crippen LogP contribution in [0.25, 0.3) is 0 Å². The molecule has 2 N–H and O–H groups in total. The number of nitrogens with one attached hydrogen (secondary N) is 2. The van der Waals surface area contributed by atoms with Crippen molar-refractivity contribution in [3.63, 3.8) is 0 Å². The van der Waals surface area contributed by atoms with Crippen LogP contribution in [0.15, 0.2) is 59.5 Å². The molecule has 2 aromatic carbocycles. The lowest BCUT2D eigenvalue weighted by atomic mass is 10.2. The van der Waals surface area contributed by atoms with Gasteiger partial charge in [0.05, 0.1) is 11.5 Å². The molecule has 0 aliphatic rings. The fraction of sp³-hybridized carbons (Fsp3) is 0.188. The van der Waals surface area contributed by atoms with Crippen molar-refractivity contribution in [1.29, 1.82) is 0 Å². The molecule has 0 spiro atoms. The number of amides is 1. The predicted octanol–water partition coefficient (Wildman–Crippen LogP) is 1.86. The van der Waals surface area contributed by atoms with Crippen LogP contribution < -0.4 is 10.0 Å². The molecule has 0 aliphatic carbocycles. The first-order valence-electron chi connectivity index (χ1n) is 6.98. The van der Waals surface area contributed by atoms with Crippen molar-refractivity contribution in [1.82, 2.24) is 5.32 Å². The lowest BCUT2D eigenvalue weighted by Crippen LogP contribution is -2.27. The van der Waals surface area contributed by atoms with Gasteiger partial charge in [-0.15, -0.1) is 0 Å². The van der Waals surface area contributed by atoms with Gasteiger partial charge in [0.1, 0.15) is 0 Å². The van der Waals surface area contributed by atoms with Crippen LogP contribution in [0.2, 0.25) is 0 Å². The number of carbonyl (C=O) groups is 1. The Morgan fingerprint density at radius 1 is 1.09 bits per heavy atom. The van der Waals surface area contributed by atoms with Crippen LogP contribution in [0.1, 0.15) is 10.4 Å². The number of anilines is 1. The third-order valence-corrected chi connectivity index (χ3v) is 4.40. The highest BCUT2D eigenvalue weighted by Gasteiger charge is 2.16. The summed E-state index contributed by atoms with van der Waals surface area (Å²) in [6.07, 6.45) is 0. The quantitative estimate of drug-likeness (QED) is 0.757. The Labute approximate surface area is 135 Å². The molecule has 0 heterocycles. The summed E-state index contributed by atoms with van der Waals surface area (Å²) < 4.78 is 32.1. The average molecular weight is 334 g/mol. The van der Waals surface area contributed by atoms with Gasteiger partial charge in [0.2, 0.25) is 0 Å². The molecule has 1 amide bonds. The van der Waals surface area contributed by atoms with Crippen molar-refractivity contribution < 1.29 is 17.9 Å². The van der Waals surface area contributed by atoms with Crippen LogP contribution in [0.4, 0.5) is 5.69 Å². The summed E-state index contributed by atoms with van der Waals surface area (Å²) >= 11 is 0. The number of carbonyl (C=O) groups excluding carboxylic acids is 1. The van der Waals surface area contributed by atoms with E-state index in [0.29, 0.717) is 18.8 Å². The fourth-order valence-corrected chi connectivity index (χ4v) is 3.00. The van der Waals surface area contributed by atoms with Gasteiger partial charge in [0, 0.05) is 24.9 Å². The zero-order valence-electron chi connectivity index (χ0n) is 12.7. The molecular formula is C16H18N2O4S. The minimum Gasteiger partial charge on any atom is -0.383 e. The van der Waals surface area contributed by atoms with Crippen LogP contribution >= 0.6 is 0 Å². The molecule has 7 heteroatoms. The summed E-state index contributed by atoms with van der Waals surface area (Å²) in [5.74, 6) is -0.348. The van der Waals surface area contributed by atoms with E-state index in [2.05, 4.69) is 10.0 Å². The van der Waals surface area contributed by atoms with Gasteiger partial charge in [-0.25, -0.2) is 8.42 Å². The minimum atomic E-state index is -3.75. The average Bonchev–Trinajstić information content (AvgIpc) is 2.55. The van der Waals surface area contributed by atoms with Crippen molar-refractivity contribution in [2.24, 2.45) is 0 Å². The van der Waals surface area contributed by atoms with Gasteiger partial charge in [0.25, 0.3) is 15.9 Å². The van der Waals surface area contributed by atoms with Crippen molar-refractivity contribution in [3.05, 3.63) is 60.2 Å². The first-order valence-corrected chi connectivity index (χ1v) is 8.46. The molecule has 0 bridgehead atoms. The Kier molecular flexibility index (Phi) is 5.72. The maximum Gasteiger partial charge on any atom is 0.261 e. The largest absolute Gasteiger partial charge is 0.383 e. The number of para-hydroxylation sites is 1. The van der Waals surface area contributed by atoms with E-state index in [-0.39, 0.29) is 16.4 Å². The second-order valence-corrected chi connectivity index (χ2v) is 6.43. The van der Waals surface area contributed by atoms with E-state index < -0.39 is 10.0 Å². The predicted molar refractivity (Wildman–Crippen MR) is 87.9 cm³/mol. The number of sulfonamides is 1. The van der Waals surface area contributed by atoms with Gasteiger partial charge < -0.3 is 10.1 Å². The number of benzene rings is 2. The molecule has 23 heavy (non-hydrogen) atoms. The normalized spacial score (nSPS) is 11.0. The van der Waals surface area contributed by atoms with E-state index in [0.717, 1.165) is 0 Å². The van der Waals surface area contributed by atoms with E-state index in [1.165, 1.54) is 25.3 Å². The molecule has 6 nitrogen and oxygen atoms in total. The Bertz CT molecular complexity index is 761. The molecule has 0 saturated carbocycles. The number of rotatable bonds is 7. The molecule has 0 aromatic heterocycles. The second kappa shape index (κ2) is 7.75. The Morgan fingerprint density at radius 3 is 2.52 bits per heavy atom. The fourth-order valence-electron chi connectivity index (χ4n) is 1.89. The third-order valence-electron chi connectivity index (χ3n) is 3.02. The van der Waals surface area contributed by atoms with Crippen molar-refractivity contribution in [2.45, 2.75) is 4.90 Å². The van der Waals surface area contributed by atoms with Gasteiger partial charge >= 0.3 is 0 Å². The van der Waals surface area contributed by atoms with Crippen molar-refractivity contribution >= 4 is 21.6 Å². The second-order valence-electron chi connectivity index (χ2n) is 4.75. The first-order chi connectivity index (χ1) is 11.0. The summed E-state index contributed by atoms with van der Waals surface area (Å²) in [6, 6.07) is 14.4. The van der Waals surface area contributed by atoms with E-state index in [4.69, 9.17) is 4.74 Å². The first kappa shape index (κ1) is 17.0. The highest BCUT2D eigenvalue weighted by atomic mass is 32.2. The smallest absolute Gasteiger partial charge is 0.261 e. The van der Waals surface area contributed by atoms with E-state index in [1.807, 2.05) is 0 Å². The van der Waals surface area contributed by atoms with Gasteiger partial charge in [-0.2, -0.15) is 0 Å². The van der Waals surface area contributed by atoms with E-state index in [9.17, 15) is 13.2 Å². The molecule has 2 rings (SSSR count). The lowest BCUT2D eigenvalue weighted by Gasteiger charge is -2.09. The van der Waals surface area contributed by atoms with Crippen LogP contribution in [-0.4, -0.2) is 34.6 Å². The number of hydrogen-bond donors (Lipinski definition) is 2. The van der Waals surface area contributed by atoms with E-state index >= 15 is 0 Å². The molecule has 0 atom stereocenters. The highest BCUT2D eigenvalue weighted by Crippen LogP contribution is 2.16. The third kappa shape index (κ3) is 4.80. The van der Waals surface area contributed by atoms with Crippen LogP contribution in [0.3, 0.4) is 0 Å². The minimum absolute atomic E-state index is 0.0285. The van der Waals surface area contributed by atoms with Gasteiger partial charge in [-0.05, 0) is 30.3 Å². The molecule has 0 aliphatic heterocycles. The summed E-state index contributed by atoms with van der Waals surface area (Å²) in [6.45, 7) is 0.744. The molecule has 0 saturated heterocycles. The van der Waals surface area contributed by atoms with E-state index in [1.54, 1.807) is 36.4 Å². The number of methoxy groups -OCH3 is 1. The van der Waals surface area contributed by atoms with Gasteiger partial charge in [0.15, 0.2) is 0 Å². The molecular weight excluding hydrogens is 316 g/mol. The van der Waals surface area contributed by atoms with Crippen molar-refractivity contribution in [2.75, 3.05) is 25.0 Å². The topological polar surface area (TPSA) is 84.5 Å². The molecule has 0 unspecified atom stereocenters. The summed E-state index contributed by atoms with van der Waals surface area (Å²) in [7, 11) is -2.21. The Hall–Kier alpha value is -2.38. The van der Waals surface area contributed by atoms with Crippen LogP contribution in [0, 0.1) is 0 Å². The number of hydrogen-bond acceptors (Lipinski definition) is 4. The SMILES string of the molecule is COCCNC(=O)c1cccc(S(=O)(=O)Nc2ccccc2)c1. The summed E-state index contributed by atoms with van der Waals surface area (Å²) in [5, 5.41) is 2.65. The summed E-state index contributed by atoms with van der Waals surface area (Å²) in [4.78, 5) is 12.0. The zero-order chi connectivity index (χ0) is 16.7. The molecule has 122 valence electrons. The maximum absolute atomic E-state index is 12.4. The monoisotopic (exact) mass is 334 g/mol. The van der Waals surface area contributed by atoms with Crippen molar-refractivity contribution in [3.8, 4) is 0 Å². The number of ether oxygens (including phenoxy) is 1. The Morgan fingerprint density at radius 2 is 1.83 bits per heavy atom. The lowest BCUT2D eigenvalue weighted by molar-refractivity contribution is 0.0937. The maximum atomic E-state index is 12.4. The molecule has 0 radical (unpaired) electrons. The standard InChI is InChI=1S/C16H18N2O4S/c1-22-11-10-17-16(19)13-6-5-9-15(12-13)23(20,21)18-14-7-3-2-4-8-14/h2-9,12,18H,10-11H2,1H3,(H,17,19). The Balaban J connectivity index is 2.16. The van der Waals surface area contributed by atoms with Crippen LogP contribution in [0.5, 0.6) is 0 Å². The van der Waals surface area contributed by atoms with Gasteiger partial charge in [-0.3, -0.25) is 9.52 Å². The molecule has 2 aromatic rings. The molecule has 0 fully saturated rings. The zero-order valence-corrected chi connectivity index (χ0v) is 13.5. The van der Waals surface area contributed by atoms with Crippen LogP contribution in [-0.2, 0) is 14.8 Å². The van der Waals surface area contributed by atoms with Gasteiger partial charge in [-0.1, -0.05) is 24.3 Å². The highest BCUT2D eigenvalue weighted by molar-refractivity contribution is 7.92. The summed E-state index contributed by atoms with van der Waals surface area (Å²) in [5.41, 5.74) is 0.736.